The molecule has 0 radical (unpaired) electrons. The highest BCUT2D eigenvalue weighted by atomic mass is 79.9. The fourth-order valence-corrected chi connectivity index (χ4v) is 3.14. The van der Waals surface area contributed by atoms with Crippen LogP contribution in [0.15, 0.2) is 71.2 Å². The van der Waals surface area contributed by atoms with Crippen molar-refractivity contribution >= 4 is 15.9 Å². The summed E-state index contributed by atoms with van der Waals surface area (Å²) in [6.07, 6.45) is 0. The minimum atomic E-state index is -0.215. The molecule has 0 aliphatic heterocycles. The molecule has 0 atom stereocenters. The van der Waals surface area contributed by atoms with Crippen molar-refractivity contribution in [2.24, 2.45) is 0 Å². The summed E-state index contributed by atoms with van der Waals surface area (Å²) in [5, 5.41) is 3.39. The Labute approximate surface area is 162 Å². The van der Waals surface area contributed by atoms with Gasteiger partial charge < -0.3 is 10.1 Å². The van der Waals surface area contributed by atoms with Crippen LogP contribution in [0.2, 0.25) is 0 Å². The number of hydrogen-bond acceptors (Lipinski definition) is 2. The Kier molecular flexibility index (Phi) is 6.42. The van der Waals surface area contributed by atoms with Gasteiger partial charge in [-0.25, -0.2) is 4.39 Å². The summed E-state index contributed by atoms with van der Waals surface area (Å²) in [7, 11) is 0. The van der Waals surface area contributed by atoms with E-state index in [2.05, 4.69) is 52.4 Å². The highest BCUT2D eigenvalue weighted by Gasteiger charge is 2.06. The molecule has 26 heavy (non-hydrogen) atoms. The molecule has 4 heteroatoms. The van der Waals surface area contributed by atoms with E-state index in [0.29, 0.717) is 19.7 Å². The summed E-state index contributed by atoms with van der Waals surface area (Å²) in [5.74, 6) is 0.647. The number of benzene rings is 3. The molecule has 0 saturated carbocycles. The monoisotopic (exact) mass is 413 g/mol. The molecule has 0 bridgehead atoms. The van der Waals surface area contributed by atoms with E-state index >= 15 is 0 Å². The van der Waals surface area contributed by atoms with Crippen LogP contribution < -0.4 is 10.1 Å². The van der Waals surface area contributed by atoms with Gasteiger partial charge in [-0.3, -0.25) is 0 Å². The summed E-state index contributed by atoms with van der Waals surface area (Å²) in [6, 6.07) is 20.9. The van der Waals surface area contributed by atoms with Crippen molar-refractivity contribution in [2.75, 3.05) is 0 Å². The molecule has 0 heterocycles. The highest BCUT2D eigenvalue weighted by molar-refractivity contribution is 9.10. The Morgan fingerprint density at radius 2 is 1.73 bits per heavy atom. The average molecular weight is 414 g/mol. The van der Waals surface area contributed by atoms with Gasteiger partial charge in [0.25, 0.3) is 0 Å². The molecule has 0 unspecified atom stereocenters. The van der Waals surface area contributed by atoms with Crippen molar-refractivity contribution in [1.29, 1.82) is 0 Å². The molecule has 0 aliphatic carbocycles. The molecule has 1 N–H and O–H groups in total. The first-order chi connectivity index (χ1) is 12.6. The van der Waals surface area contributed by atoms with Gasteiger partial charge >= 0.3 is 0 Å². The van der Waals surface area contributed by atoms with Crippen LogP contribution in [-0.2, 0) is 19.7 Å². The average Bonchev–Trinajstić information content (AvgIpc) is 2.63. The number of hydrogen-bond donors (Lipinski definition) is 1. The van der Waals surface area contributed by atoms with Crippen LogP contribution in [0.25, 0.3) is 0 Å². The number of rotatable bonds is 7. The smallest absolute Gasteiger partial charge is 0.124 e. The van der Waals surface area contributed by atoms with Gasteiger partial charge in [0.05, 0.1) is 0 Å². The van der Waals surface area contributed by atoms with Crippen molar-refractivity contribution in [3.8, 4) is 5.75 Å². The lowest BCUT2D eigenvalue weighted by atomic mass is 10.1. The SMILES string of the molecule is Cc1cccc(COc2ccc(Br)cc2CNCc2ccc(F)cc2)c1. The molecular weight excluding hydrogens is 393 g/mol. The maximum Gasteiger partial charge on any atom is 0.124 e. The summed E-state index contributed by atoms with van der Waals surface area (Å²) >= 11 is 3.52. The second kappa shape index (κ2) is 8.97. The molecule has 0 fully saturated rings. The molecule has 0 aliphatic rings. The standard InChI is InChI=1S/C22H21BrFNO/c1-16-3-2-4-18(11-16)15-26-22-10-7-20(23)12-19(22)14-25-13-17-5-8-21(24)9-6-17/h2-12,25H,13-15H2,1H3. The minimum absolute atomic E-state index is 0.215. The molecule has 2 nitrogen and oxygen atoms in total. The second-order valence-electron chi connectivity index (χ2n) is 6.26. The zero-order valence-electron chi connectivity index (χ0n) is 14.6. The third-order valence-electron chi connectivity index (χ3n) is 4.06. The van der Waals surface area contributed by atoms with Crippen molar-refractivity contribution < 1.29 is 9.13 Å². The van der Waals surface area contributed by atoms with Crippen LogP contribution in [0.3, 0.4) is 0 Å². The lowest BCUT2D eigenvalue weighted by Crippen LogP contribution is -2.13. The van der Waals surface area contributed by atoms with Crippen molar-refractivity contribution in [1.82, 2.24) is 5.32 Å². The first-order valence-electron chi connectivity index (χ1n) is 8.52. The first kappa shape index (κ1) is 18.6. The third kappa shape index (κ3) is 5.41. The zero-order valence-corrected chi connectivity index (χ0v) is 16.2. The second-order valence-corrected chi connectivity index (χ2v) is 7.18. The predicted octanol–water partition coefficient (Wildman–Crippen LogP) is 5.77. The first-order valence-corrected chi connectivity index (χ1v) is 9.31. The van der Waals surface area contributed by atoms with E-state index < -0.39 is 0 Å². The normalized spacial score (nSPS) is 10.7. The lowest BCUT2D eigenvalue weighted by Gasteiger charge is -2.13. The van der Waals surface area contributed by atoms with E-state index in [0.717, 1.165) is 26.9 Å². The van der Waals surface area contributed by atoms with Crippen LogP contribution in [0, 0.1) is 12.7 Å². The Balaban J connectivity index is 1.62. The van der Waals surface area contributed by atoms with Gasteiger partial charge in [0, 0.05) is 23.1 Å². The van der Waals surface area contributed by atoms with Crippen LogP contribution in [0.1, 0.15) is 22.3 Å². The minimum Gasteiger partial charge on any atom is -0.489 e. The van der Waals surface area contributed by atoms with Gasteiger partial charge in [0.15, 0.2) is 0 Å². The fraction of sp³-hybridized carbons (Fsp3) is 0.182. The molecule has 134 valence electrons. The number of ether oxygens (including phenoxy) is 1. The maximum atomic E-state index is 13.0. The zero-order chi connectivity index (χ0) is 18.4. The Morgan fingerprint density at radius 3 is 2.50 bits per heavy atom. The van der Waals surface area contributed by atoms with Crippen LogP contribution >= 0.6 is 15.9 Å². The van der Waals surface area contributed by atoms with Gasteiger partial charge in [-0.2, -0.15) is 0 Å². The van der Waals surface area contributed by atoms with Gasteiger partial charge in [-0.05, 0) is 48.4 Å². The highest BCUT2D eigenvalue weighted by Crippen LogP contribution is 2.24. The lowest BCUT2D eigenvalue weighted by molar-refractivity contribution is 0.302. The molecule has 0 spiro atoms. The number of nitrogens with one attached hydrogen (secondary N) is 1. The van der Waals surface area contributed by atoms with Crippen LogP contribution in [0.4, 0.5) is 4.39 Å². The molecule has 0 saturated heterocycles. The predicted molar refractivity (Wildman–Crippen MR) is 107 cm³/mol. The van der Waals surface area contributed by atoms with Crippen molar-refractivity contribution in [3.63, 3.8) is 0 Å². The van der Waals surface area contributed by atoms with E-state index in [9.17, 15) is 4.39 Å². The number of aryl methyl sites for hydroxylation is 1. The van der Waals surface area contributed by atoms with E-state index in [1.807, 2.05) is 18.2 Å². The van der Waals surface area contributed by atoms with E-state index in [1.165, 1.54) is 17.7 Å². The van der Waals surface area contributed by atoms with E-state index in [1.54, 1.807) is 12.1 Å². The third-order valence-corrected chi connectivity index (χ3v) is 4.55. The summed E-state index contributed by atoms with van der Waals surface area (Å²) in [6.45, 7) is 3.95. The topological polar surface area (TPSA) is 21.3 Å². The summed E-state index contributed by atoms with van der Waals surface area (Å²) in [5.41, 5.74) is 4.50. The fourth-order valence-electron chi connectivity index (χ4n) is 2.73. The van der Waals surface area contributed by atoms with Gasteiger partial charge in [-0.1, -0.05) is 57.9 Å². The van der Waals surface area contributed by atoms with Crippen LogP contribution in [-0.4, -0.2) is 0 Å². The van der Waals surface area contributed by atoms with Gasteiger partial charge in [0.1, 0.15) is 18.2 Å². The molecule has 3 aromatic rings. The van der Waals surface area contributed by atoms with Gasteiger partial charge in [0.2, 0.25) is 0 Å². The maximum absolute atomic E-state index is 13.0. The number of halogens is 2. The Bertz CT molecular complexity index is 864. The summed E-state index contributed by atoms with van der Waals surface area (Å²) < 4.78 is 20.0. The van der Waals surface area contributed by atoms with E-state index in [4.69, 9.17) is 4.74 Å². The van der Waals surface area contributed by atoms with E-state index in [-0.39, 0.29) is 5.82 Å². The molecule has 0 aromatic heterocycles. The molecule has 0 amide bonds. The molecule has 3 aromatic carbocycles. The van der Waals surface area contributed by atoms with Gasteiger partial charge in [-0.15, -0.1) is 0 Å². The Hall–Kier alpha value is -2.17. The summed E-state index contributed by atoms with van der Waals surface area (Å²) in [4.78, 5) is 0. The quantitative estimate of drug-likeness (QED) is 0.530. The Morgan fingerprint density at radius 1 is 0.923 bits per heavy atom. The van der Waals surface area contributed by atoms with Crippen molar-refractivity contribution in [2.45, 2.75) is 26.6 Å². The molecule has 3 rings (SSSR count). The largest absolute Gasteiger partial charge is 0.489 e. The molecular formula is C22H21BrFNO. The van der Waals surface area contributed by atoms with Crippen molar-refractivity contribution in [3.05, 3.63) is 99.3 Å². The van der Waals surface area contributed by atoms with Crippen LogP contribution in [0.5, 0.6) is 5.75 Å².